The molecule has 0 bridgehead atoms. The van der Waals surface area contributed by atoms with Crippen molar-refractivity contribution in [2.75, 3.05) is 45.9 Å². The molecule has 0 spiro atoms. The van der Waals surface area contributed by atoms with Gasteiger partial charge in [-0.15, -0.1) is 0 Å². The van der Waals surface area contributed by atoms with Gasteiger partial charge < -0.3 is 24.2 Å². The molecule has 3 amide bonds. The van der Waals surface area contributed by atoms with Crippen LogP contribution < -0.4 is 0 Å². The van der Waals surface area contributed by atoms with Crippen molar-refractivity contribution in [3.05, 3.63) is 0 Å². The van der Waals surface area contributed by atoms with E-state index in [1.165, 1.54) is 6.92 Å². The second-order valence-electron chi connectivity index (χ2n) is 8.13. The minimum absolute atomic E-state index is 0.0562. The fourth-order valence-corrected chi connectivity index (χ4v) is 3.23. The Kier molecular flexibility index (Phi) is 6.16. The molecule has 0 aliphatic carbocycles. The number of ether oxygens (including phenoxy) is 2. The first-order chi connectivity index (χ1) is 12.0. The molecule has 2 rings (SSSR count). The zero-order chi connectivity index (χ0) is 19.5. The van der Waals surface area contributed by atoms with Crippen molar-refractivity contribution < 1.29 is 23.9 Å². The molecular formula is C18H31N3O5. The van der Waals surface area contributed by atoms with Crippen LogP contribution in [-0.4, -0.2) is 89.7 Å². The Labute approximate surface area is 155 Å². The third kappa shape index (κ3) is 5.09. The summed E-state index contributed by atoms with van der Waals surface area (Å²) >= 11 is 0. The quantitative estimate of drug-likeness (QED) is 0.691. The smallest absolute Gasteiger partial charge is 0.410 e. The Bertz CT molecular complexity index is 560. The first-order valence-corrected chi connectivity index (χ1v) is 9.19. The van der Waals surface area contributed by atoms with E-state index >= 15 is 0 Å². The minimum atomic E-state index is -1.04. The van der Waals surface area contributed by atoms with E-state index < -0.39 is 11.2 Å². The third-order valence-electron chi connectivity index (χ3n) is 4.61. The van der Waals surface area contributed by atoms with Gasteiger partial charge >= 0.3 is 6.09 Å². The van der Waals surface area contributed by atoms with Gasteiger partial charge in [0.2, 0.25) is 5.91 Å². The summed E-state index contributed by atoms with van der Waals surface area (Å²) in [4.78, 5) is 42.0. The number of hydrogen-bond acceptors (Lipinski definition) is 5. The van der Waals surface area contributed by atoms with E-state index in [1.807, 2.05) is 20.8 Å². The lowest BCUT2D eigenvalue weighted by molar-refractivity contribution is -0.170. The van der Waals surface area contributed by atoms with Gasteiger partial charge in [0, 0.05) is 39.6 Å². The second kappa shape index (κ2) is 7.82. The Morgan fingerprint density at radius 1 is 0.962 bits per heavy atom. The van der Waals surface area contributed by atoms with Crippen LogP contribution in [0.2, 0.25) is 0 Å². The Balaban J connectivity index is 1.98. The lowest BCUT2D eigenvalue weighted by atomic mass is 10.0. The predicted molar refractivity (Wildman–Crippen MR) is 95.6 cm³/mol. The van der Waals surface area contributed by atoms with Gasteiger partial charge in [-0.25, -0.2) is 4.79 Å². The molecule has 2 aliphatic heterocycles. The topological polar surface area (TPSA) is 79.4 Å². The van der Waals surface area contributed by atoms with E-state index in [-0.39, 0.29) is 24.5 Å². The highest BCUT2D eigenvalue weighted by Gasteiger charge is 2.43. The number of amides is 3. The number of hydrogen-bond donors (Lipinski definition) is 0. The molecule has 2 fully saturated rings. The van der Waals surface area contributed by atoms with Gasteiger partial charge in [0.25, 0.3) is 5.91 Å². The summed E-state index contributed by atoms with van der Waals surface area (Å²) in [5.74, 6) is -0.186. The molecular weight excluding hydrogens is 338 g/mol. The van der Waals surface area contributed by atoms with Gasteiger partial charge in [-0.3, -0.25) is 9.59 Å². The van der Waals surface area contributed by atoms with Gasteiger partial charge in [-0.05, 0) is 34.1 Å². The van der Waals surface area contributed by atoms with Crippen LogP contribution in [0.5, 0.6) is 0 Å². The molecule has 2 saturated heterocycles. The molecule has 1 atom stereocenters. The third-order valence-corrected chi connectivity index (χ3v) is 4.61. The maximum Gasteiger partial charge on any atom is 0.410 e. The fraction of sp³-hybridized carbons (Fsp3) is 0.833. The van der Waals surface area contributed by atoms with Crippen LogP contribution in [0.25, 0.3) is 0 Å². The van der Waals surface area contributed by atoms with Gasteiger partial charge in [0.15, 0.2) is 5.60 Å². The fourth-order valence-electron chi connectivity index (χ4n) is 3.23. The second-order valence-corrected chi connectivity index (χ2v) is 8.13. The predicted octanol–water partition coefficient (Wildman–Crippen LogP) is 1.09. The summed E-state index contributed by atoms with van der Waals surface area (Å²) in [6, 6.07) is 0. The van der Waals surface area contributed by atoms with Crippen molar-refractivity contribution in [1.82, 2.24) is 14.7 Å². The normalized spacial score (nSPS) is 24.9. The zero-order valence-corrected chi connectivity index (χ0v) is 16.5. The number of rotatable bonds is 1. The summed E-state index contributed by atoms with van der Waals surface area (Å²) in [6.45, 7) is 11.8. The Hall–Kier alpha value is -1.83. The molecule has 0 aromatic carbocycles. The highest BCUT2D eigenvalue weighted by molar-refractivity contribution is 5.86. The van der Waals surface area contributed by atoms with Gasteiger partial charge in [0.1, 0.15) is 5.60 Å². The monoisotopic (exact) mass is 369 g/mol. The van der Waals surface area contributed by atoms with Crippen molar-refractivity contribution >= 4 is 17.9 Å². The van der Waals surface area contributed by atoms with Crippen molar-refractivity contribution in [2.24, 2.45) is 0 Å². The summed E-state index contributed by atoms with van der Waals surface area (Å²) < 4.78 is 11.2. The van der Waals surface area contributed by atoms with E-state index in [9.17, 15) is 14.4 Å². The molecule has 0 saturated carbocycles. The molecule has 0 aromatic rings. The van der Waals surface area contributed by atoms with Crippen LogP contribution >= 0.6 is 0 Å². The average molecular weight is 369 g/mol. The van der Waals surface area contributed by atoms with Crippen LogP contribution in [0, 0.1) is 0 Å². The molecule has 148 valence electrons. The lowest BCUT2D eigenvalue weighted by Crippen LogP contribution is -2.60. The maximum atomic E-state index is 13.0. The van der Waals surface area contributed by atoms with Crippen molar-refractivity contribution in [3.63, 3.8) is 0 Å². The van der Waals surface area contributed by atoms with E-state index in [2.05, 4.69) is 0 Å². The molecule has 2 aliphatic rings. The first kappa shape index (κ1) is 20.5. The summed E-state index contributed by atoms with van der Waals surface area (Å²) in [5.41, 5.74) is -1.58. The summed E-state index contributed by atoms with van der Waals surface area (Å²) in [6.07, 6.45) is 0.326. The minimum Gasteiger partial charge on any atom is -0.444 e. The molecule has 0 N–H and O–H groups in total. The number of carbonyl (C=O) groups excluding carboxylic acids is 3. The lowest BCUT2D eigenvalue weighted by Gasteiger charge is -2.41. The standard InChI is InChI=1S/C18H31N3O5/c1-14(22)21-11-12-25-18(5,13-21)15(23)19-7-6-8-20(10-9-19)16(24)26-17(2,3)4/h6-13H2,1-5H3. The van der Waals surface area contributed by atoms with Crippen LogP contribution in [0.4, 0.5) is 4.79 Å². The summed E-state index contributed by atoms with van der Waals surface area (Å²) in [5, 5.41) is 0. The van der Waals surface area contributed by atoms with E-state index in [4.69, 9.17) is 9.47 Å². The SMILES string of the molecule is CC(=O)N1CCOC(C)(C(=O)N2CCCN(C(=O)OC(C)(C)C)CC2)C1. The molecule has 0 aromatic heterocycles. The van der Waals surface area contributed by atoms with Crippen molar-refractivity contribution in [3.8, 4) is 0 Å². The van der Waals surface area contributed by atoms with Crippen molar-refractivity contribution in [2.45, 2.75) is 52.2 Å². The van der Waals surface area contributed by atoms with Crippen LogP contribution in [-0.2, 0) is 19.1 Å². The summed E-state index contributed by atoms with van der Waals surface area (Å²) in [7, 11) is 0. The number of morpholine rings is 1. The maximum absolute atomic E-state index is 13.0. The Morgan fingerprint density at radius 2 is 1.58 bits per heavy atom. The van der Waals surface area contributed by atoms with Gasteiger partial charge in [-0.2, -0.15) is 0 Å². The highest BCUT2D eigenvalue weighted by atomic mass is 16.6. The molecule has 0 radical (unpaired) electrons. The van der Waals surface area contributed by atoms with E-state index in [0.717, 1.165) is 0 Å². The largest absolute Gasteiger partial charge is 0.444 e. The van der Waals surface area contributed by atoms with Crippen LogP contribution in [0.3, 0.4) is 0 Å². The molecule has 1 unspecified atom stereocenters. The highest BCUT2D eigenvalue weighted by Crippen LogP contribution is 2.22. The zero-order valence-electron chi connectivity index (χ0n) is 16.5. The van der Waals surface area contributed by atoms with Gasteiger partial charge in [0.05, 0.1) is 13.2 Å². The molecule has 26 heavy (non-hydrogen) atoms. The van der Waals surface area contributed by atoms with Gasteiger partial charge in [-0.1, -0.05) is 0 Å². The van der Waals surface area contributed by atoms with E-state index in [0.29, 0.717) is 45.8 Å². The Morgan fingerprint density at radius 3 is 2.19 bits per heavy atom. The van der Waals surface area contributed by atoms with Crippen molar-refractivity contribution in [1.29, 1.82) is 0 Å². The average Bonchev–Trinajstić information content (AvgIpc) is 2.78. The first-order valence-electron chi connectivity index (χ1n) is 9.19. The van der Waals surface area contributed by atoms with Crippen LogP contribution in [0.15, 0.2) is 0 Å². The number of carbonyl (C=O) groups is 3. The molecule has 8 heteroatoms. The number of nitrogens with zero attached hydrogens (tertiary/aromatic N) is 3. The molecule has 8 nitrogen and oxygen atoms in total. The van der Waals surface area contributed by atoms with Crippen LogP contribution in [0.1, 0.15) is 41.0 Å². The van der Waals surface area contributed by atoms with E-state index in [1.54, 1.807) is 21.6 Å². The molecule has 2 heterocycles.